The van der Waals surface area contributed by atoms with Crippen molar-refractivity contribution in [1.82, 2.24) is 9.80 Å². The number of methoxy groups -OCH3 is 1. The molecule has 2 atom stereocenters. The first-order valence-electron chi connectivity index (χ1n) is 15.7. The first kappa shape index (κ1) is 28.2. The predicted molar refractivity (Wildman–Crippen MR) is 170 cm³/mol. The fourth-order valence-electron chi connectivity index (χ4n) is 7.35. The van der Waals surface area contributed by atoms with E-state index in [1.165, 1.54) is 22.3 Å². The molecule has 0 spiro atoms. The van der Waals surface area contributed by atoms with Gasteiger partial charge in [0.25, 0.3) is 0 Å². The normalized spacial score (nSPS) is 20.4. The maximum absolute atomic E-state index is 10.1. The van der Waals surface area contributed by atoms with Gasteiger partial charge in [0.2, 0.25) is 12.5 Å². The summed E-state index contributed by atoms with van der Waals surface area (Å²) in [4.78, 5) is 4.80. The average Bonchev–Trinajstić information content (AvgIpc) is 3.53. The molecule has 9 rings (SSSR count). The minimum atomic E-state index is -0.0887. The zero-order valence-corrected chi connectivity index (χ0v) is 26.0. The smallest absolute Gasteiger partial charge is 0.231 e. The van der Waals surface area contributed by atoms with Crippen LogP contribution in [0.4, 0.5) is 0 Å². The number of likely N-dealkylation sites (N-methyl/N-ethyl adjacent to an activating group) is 2. The number of benzene rings is 4. The SMILES string of the molecule is COc1cc2c3cc1Oc1c4c(cc5c1[C@H](Cc1ccc(cc1)Oc1cc(ccc1CO)C[C@H]3N(C)CC2)N(C)CC5)OCO4. The molecule has 0 aromatic heterocycles. The molecule has 8 nitrogen and oxygen atoms in total. The summed E-state index contributed by atoms with van der Waals surface area (Å²) in [6.07, 6.45) is 3.37. The number of hydrogen-bond acceptors (Lipinski definition) is 8. The molecule has 1 N–H and O–H groups in total. The summed E-state index contributed by atoms with van der Waals surface area (Å²) in [5, 5.41) is 10.1. The van der Waals surface area contributed by atoms with E-state index in [1.54, 1.807) is 7.11 Å². The van der Waals surface area contributed by atoms with E-state index in [0.717, 1.165) is 67.0 Å². The molecule has 0 saturated carbocycles. The first-order valence-corrected chi connectivity index (χ1v) is 15.7. The van der Waals surface area contributed by atoms with E-state index in [1.807, 2.05) is 18.2 Å². The Morgan fingerprint density at radius 2 is 1.51 bits per heavy atom. The van der Waals surface area contributed by atoms with Crippen molar-refractivity contribution in [2.45, 2.75) is 44.4 Å². The lowest BCUT2D eigenvalue weighted by Gasteiger charge is -2.37. The van der Waals surface area contributed by atoms with Gasteiger partial charge >= 0.3 is 0 Å². The zero-order valence-electron chi connectivity index (χ0n) is 26.0. The fraction of sp³-hybridized carbons (Fsp3) is 0.351. The Hall–Kier alpha value is -4.24. The number of nitrogens with zero attached hydrogens (tertiary/aromatic N) is 2. The fourth-order valence-corrected chi connectivity index (χ4v) is 7.35. The van der Waals surface area contributed by atoms with Gasteiger partial charge in [0.05, 0.1) is 13.7 Å². The molecular weight excluding hydrogens is 568 g/mol. The van der Waals surface area contributed by atoms with Crippen LogP contribution in [0.5, 0.6) is 40.2 Å². The van der Waals surface area contributed by atoms with Crippen LogP contribution in [0, 0.1) is 0 Å². The molecule has 5 aliphatic heterocycles. The lowest BCUT2D eigenvalue weighted by Crippen LogP contribution is -2.34. The molecule has 4 aromatic carbocycles. The van der Waals surface area contributed by atoms with Crippen molar-refractivity contribution < 1.29 is 28.8 Å². The third-order valence-corrected chi connectivity index (χ3v) is 9.92. The molecule has 0 fully saturated rings. The quantitative estimate of drug-likeness (QED) is 0.283. The van der Waals surface area contributed by atoms with Crippen molar-refractivity contribution in [3.63, 3.8) is 0 Å². The number of ether oxygens (including phenoxy) is 5. The van der Waals surface area contributed by atoms with Gasteiger partial charge in [-0.2, -0.15) is 0 Å². The first-order chi connectivity index (χ1) is 22.0. The van der Waals surface area contributed by atoms with E-state index in [9.17, 15) is 5.11 Å². The Kier molecular flexibility index (Phi) is 7.08. The van der Waals surface area contributed by atoms with E-state index in [-0.39, 0.29) is 25.5 Å². The number of aliphatic hydroxyl groups is 1. The highest BCUT2D eigenvalue weighted by molar-refractivity contribution is 5.64. The molecular formula is C37H38N2O6. The minimum absolute atomic E-state index is 0.0593. The molecule has 0 radical (unpaired) electrons. The highest BCUT2D eigenvalue weighted by Gasteiger charge is 2.36. The molecule has 0 saturated heterocycles. The number of fused-ring (bicyclic) bond motifs is 3. The van der Waals surface area contributed by atoms with Crippen molar-refractivity contribution in [3.8, 4) is 40.2 Å². The predicted octanol–water partition coefficient (Wildman–Crippen LogP) is 6.36. The largest absolute Gasteiger partial charge is 0.493 e. The summed E-state index contributed by atoms with van der Waals surface area (Å²) in [5.41, 5.74) is 7.91. The van der Waals surface area contributed by atoms with Gasteiger partial charge in [-0.3, -0.25) is 9.80 Å². The summed E-state index contributed by atoms with van der Waals surface area (Å²) >= 11 is 0. The molecule has 8 heteroatoms. The number of aliphatic hydroxyl groups excluding tert-OH is 1. The van der Waals surface area contributed by atoms with Crippen LogP contribution in [-0.4, -0.2) is 56.0 Å². The standard InChI is InChI=1S/C37H38N2O6/c1-38-12-10-24-17-32(41-3)33-19-28(24)29(38)15-23-4-7-26(20-40)31(16-23)44-27-8-5-22(6-9-27)14-30-35-25(11-13-39(30)2)18-34-36(37(35)45-33)43-21-42-34/h4-9,16-19,29-30,40H,10-15,20-21H2,1-3H3/t29-,30+/m1/s1. The lowest BCUT2D eigenvalue weighted by molar-refractivity contribution is 0.171. The molecule has 45 heavy (non-hydrogen) atoms. The molecule has 6 bridgehead atoms. The maximum atomic E-state index is 10.1. The van der Waals surface area contributed by atoms with Crippen molar-refractivity contribution >= 4 is 0 Å². The van der Waals surface area contributed by atoms with Crippen molar-refractivity contribution in [1.29, 1.82) is 0 Å². The van der Waals surface area contributed by atoms with Crippen LogP contribution in [0.15, 0.2) is 60.7 Å². The molecule has 0 aliphatic carbocycles. The van der Waals surface area contributed by atoms with Gasteiger partial charge < -0.3 is 28.8 Å². The van der Waals surface area contributed by atoms with Crippen molar-refractivity contribution in [2.75, 3.05) is 41.1 Å². The van der Waals surface area contributed by atoms with Crippen LogP contribution in [-0.2, 0) is 32.3 Å². The van der Waals surface area contributed by atoms with Gasteiger partial charge in [0, 0.05) is 36.3 Å². The van der Waals surface area contributed by atoms with Gasteiger partial charge in [-0.1, -0.05) is 24.3 Å². The second kappa shape index (κ2) is 11.3. The van der Waals surface area contributed by atoms with E-state index < -0.39 is 0 Å². The van der Waals surface area contributed by atoms with Crippen LogP contribution in [0.3, 0.4) is 0 Å². The third-order valence-electron chi connectivity index (χ3n) is 9.92. The Labute approximate surface area is 263 Å². The van der Waals surface area contributed by atoms with Crippen molar-refractivity contribution in [3.05, 3.63) is 99.6 Å². The summed E-state index contributed by atoms with van der Waals surface area (Å²) in [7, 11) is 6.06. The second-order valence-electron chi connectivity index (χ2n) is 12.6. The molecule has 4 aromatic rings. The Balaban J connectivity index is 1.34. The van der Waals surface area contributed by atoms with Gasteiger partial charge in [-0.05, 0) is 104 Å². The molecule has 232 valence electrons. The topological polar surface area (TPSA) is 72.9 Å². The van der Waals surface area contributed by atoms with Crippen molar-refractivity contribution in [2.24, 2.45) is 0 Å². The van der Waals surface area contributed by atoms with Crippen LogP contribution in [0.2, 0.25) is 0 Å². The zero-order chi connectivity index (χ0) is 30.7. The van der Waals surface area contributed by atoms with Gasteiger partial charge in [0.1, 0.15) is 11.5 Å². The summed E-state index contributed by atoms with van der Waals surface area (Å²) < 4.78 is 31.4. The van der Waals surface area contributed by atoms with E-state index in [2.05, 4.69) is 66.4 Å². The summed E-state index contributed by atoms with van der Waals surface area (Å²) in [6.45, 7) is 1.94. The highest BCUT2D eigenvalue weighted by Crippen LogP contribution is 2.53. The number of rotatable bonds is 2. The Bertz CT molecular complexity index is 1770. The molecule has 0 amide bonds. The van der Waals surface area contributed by atoms with Gasteiger partial charge in [-0.25, -0.2) is 0 Å². The highest BCUT2D eigenvalue weighted by atomic mass is 16.7. The lowest BCUT2D eigenvalue weighted by atomic mass is 9.87. The monoisotopic (exact) mass is 606 g/mol. The summed E-state index contributed by atoms with van der Waals surface area (Å²) in [6, 6.07) is 21.0. The van der Waals surface area contributed by atoms with Gasteiger partial charge in [-0.15, -0.1) is 0 Å². The summed E-state index contributed by atoms with van der Waals surface area (Å²) in [5.74, 6) is 4.89. The minimum Gasteiger partial charge on any atom is -0.493 e. The maximum Gasteiger partial charge on any atom is 0.231 e. The number of hydrogen-bond donors (Lipinski definition) is 1. The van der Waals surface area contributed by atoms with E-state index >= 15 is 0 Å². The van der Waals surface area contributed by atoms with Crippen LogP contribution < -0.4 is 23.7 Å². The average molecular weight is 607 g/mol. The van der Waals surface area contributed by atoms with E-state index in [4.69, 9.17) is 23.7 Å². The van der Waals surface area contributed by atoms with Crippen LogP contribution in [0.1, 0.15) is 51.0 Å². The van der Waals surface area contributed by atoms with Crippen LogP contribution in [0.25, 0.3) is 0 Å². The Morgan fingerprint density at radius 3 is 2.31 bits per heavy atom. The van der Waals surface area contributed by atoms with Crippen LogP contribution >= 0.6 is 0 Å². The Morgan fingerprint density at radius 1 is 0.756 bits per heavy atom. The van der Waals surface area contributed by atoms with E-state index in [0.29, 0.717) is 28.7 Å². The molecule has 5 aliphatic rings. The molecule has 0 unspecified atom stereocenters. The molecule has 5 heterocycles. The van der Waals surface area contributed by atoms with Gasteiger partial charge in [0.15, 0.2) is 23.0 Å². The third kappa shape index (κ3) is 4.97. The second-order valence-corrected chi connectivity index (χ2v) is 12.6.